The fourth-order valence-corrected chi connectivity index (χ4v) is 3.52. The van der Waals surface area contributed by atoms with Crippen LogP contribution in [0.1, 0.15) is 18.4 Å². The molecule has 1 aromatic rings. The van der Waals surface area contributed by atoms with Crippen molar-refractivity contribution in [1.29, 1.82) is 0 Å². The number of ether oxygens (including phenoxy) is 1. The van der Waals surface area contributed by atoms with Gasteiger partial charge in [0.05, 0.1) is 7.11 Å². The number of fused-ring (bicyclic) bond motifs is 3. The summed E-state index contributed by atoms with van der Waals surface area (Å²) in [5.41, 5.74) is 0.973. The number of benzene rings is 1. The number of piperidine rings is 2. The highest BCUT2D eigenvalue weighted by Gasteiger charge is 2.35. The van der Waals surface area contributed by atoms with Gasteiger partial charge in [0.2, 0.25) is 0 Å². The molecule has 3 aliphatic heterocycles. The quantitative estimate of drug-likeness (QED) is 0.874. The molecule has 3 aliphatic rings. The van der Waals surface area contributed by atoms with E-state index in [1.165, 1.54) is 6.42 Å². The second-order valence-electron chi connectivity index (χ2n) is 5.60. The minimum Gasteiger partial charge on any atom is -0.496 e. The standard InChI is InChI=1S/C15H20BrN3O2/c1-21-14-5-2-11(16)6-10(14)7-18-15(20)19-9-12-3-4-13(19)8-17-12/h2,5-6,12-13,17H,3-4,7-9H2,1H3,(H,18,20). The maximum atomic E-state index is 12.4. The highest BCUT2D eigenvalue weighted by molar-refractivity contribution is 9.10. The van der Waals surface area contributed by atoms with Crippen LogP contribution in [-0.4, -0.2) is 43.2 Å². The zero-order valence-electron chi connectivity index (χ0n) is 12.1. The Balaban J connectivity index is 1.62. The molecule has 1 aromatic carbocycles. The molecular formula is C15H20BrN3O2. The van der Waals surface area contributed by atoms with Gasteiger partial charge in [-0.1, -0.05) is 15.9 Å². The van der Waals surface area contributed by atoms with Crippen LogP contribution >= 0.6 is 15.9 Å². The molecular weight excluding hydrogens is 334 g/mol. The van der Waals surface area contributed by atoms with Gasteiger partial charge in [0.25, 0.3) is 0 Å². The number of piperazine rings is 1. The van der Waals surface area contributed by atoms with Crippen molar-refractivity contribution < 1.29 is 9.53 Å². The Labute approximate surface area is 133 Å². The lowest BCUT2D eigenvalue weighted by atomic mass is 9.93. The molecule has 2 unspecified atom stereocenters. The molecule has 2 amide bonds. The molecule has 0 saturated carbocycles. The van der Waals surface area contributed by atoms with Gasteiger partial charge < -0.3 is 20.3 Å². The normalized spacial score (nSPS) is 24.0. The average Bonchev–Trinajstić information content (AvgIpc) is 2.53. The van der Waals surface area contributed by atoms with Gasteiger partial charge in [-0.05, 0) is 31.0 Å². The minimum atomic E-state index is 0.0215. The molecule has 3 saturated heterocycles. The van der Waals surface area contributed by atoms with Crippen molar-refractivity contribution in [3.05, 3.63) is 28.2 Å². The number of nitrogens with zero attached hydrogens (tertiary/aromatic N) is 1. The van der Waals surface area contributed by atoms with Crippen LogP contribution in [0.3, 0.4) is 0 Å². The summed E-state index contributed by atoms with van der Waals surface area (Å²) in [6.45, 7) is 2.20. The van der Waals surface area contributed by atoms with Crippen molar-refractivity contribution in [2.24, 2.45) is 0 Å². The highest BCUT2D eigenvalue weighted by atomic mass is 79.9. The number of methoxy groups -OCH3 is 1. The van der Waals surface area contributed by atoms with E-state index in [9.17, 15) is 4.79 Å². The summed E-state index contributed by atoms with van der Waals surface area (Å²) in [6, 6.07) is 6.62. The van der Waals surface area contributed by atoms with Gasteiger partial charge in [0.1, 0.15) is 5.75 Å². The van der Waals surface area contributed by atoms with Crippen molar-refractivity contribution in [2.75, 3.05) is 20.2 Å². The molecule has 4 rings (SSSR count). The van der Waals surface area contributed by atoms with Crippen molar-refractivity contribution >= 4 is 22.0 Å². The summed E-state index contributed by atoms with van der Waals surface area (Å²) in [7, 11) is 1.64. The van der Waals surface area contributed by atoms with Crippen LogP contribution in [0, 0.1) is 0 Å². The predicted molar refractivity (Wildman–Crippen MR) is 84.4 cm³/mol. The summed E-state index contributed by atoms with van der Waals surface area (Å²) in [4.78, 5) is 14.3. The van der Waals surface area contributed by atoms with Crippen LogP contribution in [0.4, 0.5) is 4.79 Å². The number of halogens is 1. The van der Waals surface area contributed by atoms with E-state index in [0.29, 0.717) is 18.6 Å². The third-order valence-corrected chi connectivity index (χ3v) is 4.77. The van der Waals surface area contributed by atoms with E-state index >= 15 is 0 Å². The molecule has 3 heterocycles. The Bertz CT molecular complexity index is 530. The number of nitrogens with one attached hydrogen (secondary N) is 2. The number of amides is 2. The van der Waals surface area contributed by atoms with Gasteiger partial charge >= 0.3 is 6.03 Å². The smallest absolute Gasteiger partial charge is 0.318 e. The lowest BCUT2D eigenvalue weighted by Gasteiger charge is -2.45. The van der Waals surface area contributed by atoms with Crippen LogP contribution in [0.5, 0.6) is 5.75 Å². The number of hydrogen-bond donors (Lipinski definition) is 2. The van der Waals surface area contributed by atoms with Gasteiger partial charge in [-0.15, -0.1) is 0 Å². The zero-order chi connectivity index (χ0) is 14.8. The Morgan fingerprint density at radius 3 is 3.00 bits per heavy atom. The first kappa shape index (κ1) is 14.7. The number of hydrogen-bond acceptors (Lipinski definition) is 3. The van der Waals surface area contributed by atoms with Crippen molar-refractivity contribution in [3.63, 3.8) is 0 Å². The fraction of sp³-hybridized carbons (Fsp3) is 0.533. The Kier molecular flexibility index (Phi) is 4.35. The third kappa shape index (κ3) is 3.16. The van der Waals surface area contributed by atoms with Crippen molar-refractivity contribution in [3.8, 4) is 5.75 Å². The Hall–Kier alpha value is -1.27. The molecule has 0 spiro atoms. The topological polar surface area (TPSA) is 53.6 Å². The van der Waals surface area contributed by atoms with Crippen LogP contribution in [0.25, 0.3) is 0 Å². The molecule has 6 heteroatoms. The van der Waals surface area contributed by atoms with Crippen molar-refractivity contribution in [1.82, 2.24) is 15.5 Å². The Morgan fingerprint density at radius 2 is 2.38 bits per heavy atom. The van der Waals surface area contributed by atoms with Crippen LogP contribution in [0.15, 0.2) is 22.7 Å². The van der Waals surface area contributed by atoms with E-state index in [4.69, 9.17) is 4.74 Å². The second-order valence-corrected chi connectivity index (χ2v) is 6.52. The summed E-state index contributed by atoms with van der Waals surface area (Å²) in [5.74, 6) is 0.792. The molecule has 21 heavy (non-hydrogen) atoms. The first-order valence-electron chi connectivity index (χ1n) is 7.27. The van der Waals surface area contributed by atoms with Gasteiger partial charge in [-0.3, -0.25) is 0 Å². The molecule has 0 aliphatic carbocycles. The first-order chi connectivity index (χ1) is 10.2. The van der Waals surface area contributed by atoms with E-state index in [1.54, 1.807) is 7.11 Å². The van der Waals surface area contributed by atoms with E-state index < -0.39 is 0 Å². The second kappa shape index (κ2) is 6.23. The zero-order valence-corrected chi connectivity index (χ0v) is 13.6. The highest BCUT2D eigenvalue weighted by Crippen LogP contribution is 2.24. The number of carbonyl (C=O) groups excluding carboxylic acids is 1. The van der Waals surface area contributed by atoms with E-state index in [2.05, 4.69) is 26.6 Å². The number of urea groups is 1. The van der Waals surface area contributed by atoms with Crippen LogP contribution in [0.2, 0.25) is 0 Å². The molecule has 2 atom stereocenters. The summed E-state index contributed by atoms with van der Waals surface area (Å²) >= 11 is 3.45. The minimum absolute atomic E-state index is 0.0215. The number of rotatable bonds is 3. The summed E-state index contributed by atoms with van der Waals surface area (Å²) < 4.78 is 6.31. The molecule has 114 valence electrons. The average molecular weight is 354 g/mol. The SMILES string of the molecule is COc1ccc(Br)cc1CNC(=O)N1CC2CCC1CN2. The largest absolute Gasteiger partial charge is 0.496 e. The Morgan fingerprint density at radius 1 is 1.52 bits per heavy atom. The third-order valence-electron chi connectivity index (χ3n) is 4.28. The van der Waals surface area contributed by atoms with E-state index in [-0.39, 0.29) is 6.03 Å². The summed E-state index contributed by atoms with van der Waals surface area (Å²) in [5, 5.41) is 6.47. The van der Waals surface area contributed by atoms with E-state index in [1.807, 2.05) is 23.1 Å². The maximum Gasteiger partial charge on any atom is 0.318 e. The predicted octanol–water partition coefficient (Wildman–Crippen LogP) is 2.10. The fourth-order valence-electron chi connectivity index (χ4n) is 3.12. The van der Waals surface area contributed by atoms with Gasteiger partial charge in [0.15, 0.2) is 0 Å². The molecule has 5 nitrogen and oxygen atoms in total. The lowest BCUT2D eigenvalue weighted by Crippen LogP contribution is -2.63. The molecule has 0 radical (unpaired) electrons. The molecule has 3 fully saturated rings. The van der Waals surface area contributed by atoms with Gasteiger partial charge in [-0.2, -0.15) is 0 Å². The number of carbonyl (C=O) groups is 1. The van der Waals surface area contributed by atoms with Crippen LogP contribution in [-0.2, 0) is 6.54 Å². The molecule has 0 aromatic heterocycles. The molecule has 2 bridgehead atoms. The first-order valence-corrected chi connectivity index (χ1v) is 8.07. The monoisotopic (exact) mass is 353 g/mol. The molecule has 2 N–H and O–H groups in total. The lowest BCUT2D eigenvalue weighted by molar-refractivity contribution is 0.0976. The van der Waals surface area contributed by atoms with Gasteiger partial charge in [0, 0.05) is 41.8 Å². The van der Waals surface area contributed by atoms with Gasteiger partial charge in [-0.25, -0.2) is 4.79 Å². The van der Waals surface area contributed by atoms with Crippen LogP contribution < -0.4 is 15.4 Å². The van der Waals surface area contributed by atoms with E-state index in [0.717, 1.165) is 35.3 Å². The maximum absolute atomic E-state index is 12.4. The van der Waals surface area contributed by atoms with Crippen molar-refractivity contribution in [2.45, 2.75) is 31.5 Å². The summed E-state index contributed by atoms with van der Waals surface area (Å²) in [6.07, 6.45) is 2.28.